The van der Waals surface area contributed by atoms with E-state index in [4.69, 9.17) is 0 Å². The molecule has 3 aromatic carbocycles. The highest BCUT2D eigenvalue weighted by molar-refractivity contribution is 5.56. The topological polar surface area (TPSA) is 77.1 Å². The SMILES string of the molecule is CN(Cn1cnc(-c2ccc([N+](=O)[O-])cc2)n1)C(c1ccccc1)c1ccccc1. The number of rotatable bonds is 7. The van der Waals surface area contributed by atoms with Crippen LogP contribution in [0.4, 0.5) is 5.69 Å². The van der Waals surface area contributed by atoms with E-state index in [1.807, 2.05) is 36.4 Å². The van der Waals surface area contributed by atoms with Gasteiger partial charge in [0.15, 0.2) is 5.82 Å². The molecule has 1 aromatic heterocycles. The van der Waals surface area contributed by atoms with Crippen molar-refractivity contribution in [3.05, 3.63) is 112 Å². The maximum absolute atomic E-state index is 10.8. The van der Waals surface area contributed by atoms with Crippen molar-refractivity contribution in [3.8, 4) is 11.4 Å². The van der Waals surface area contributed by atoms with E-state index in [1.54, 1.807) is 23.1 Å². The molecule has 0 fully saturated rings. The lowest BCUT2D eigenvalue weighted by Gasteiger charge is -2.28. The summed E-state index contributed by atoms with van der Waals surface area (Å²) in [5.74, 6) is 0.536. The van der Waals surface area contributed by atoms with Crippen LogP contribution in [-0.2, 0) is 6.67 Å². The van der Waals surface area contributed by atoms with Crippen LogP contribution in [-0.4, -0.2) is 31.6 Å². The Labute approximate surface area is 174 Å². The van der Waals surface area contributed by atoms with Crippen molar-refractivity contribution in [1.29, 1.82) is 0 Å². The lowest BCUT2D eigenvalue weighted by atomic mass is 9.98. The maximum Gasteiger partial charge on any atom is 0.269 e. The first-order valence-electron chi connectivity index (χ1n) is 9.56. The Balaban J connectivity index is 1.56. The molecule has 0 aliphatic heterocycles. The normalized spacial score (nSPS) is 11.2. The van der Waals surface area contributed by atoms with Crippen LogP contribution in [0.3, 0.4) is 0 Å². The monoisotopic (exact) mass is 399 g/mol. The molecule has 1 heterocycles. The van der Waals surface area contributed by atoms with Gasteiger partial charge in [0, 0.05) is 17.7 Å². The first-order chi connectivity index (χ1) is 14.6. The van der Waals surface area contributed by atoms with Crippen molar-refractivity contribution < 1.29 is 4.92 Å². The van der Waals surface area contributed by atoms with E-state index in [-0.39, 0.29) is 11.7 Å². The van der Waals surface area contributed by atoms with Crippen LogP contribution >= 0.6 is 0 Å². The Morgan fingerprint density at radius 3 is 2.03 bits per heavy atom. The van der Waals surface area contributed by atoms with Gasteiger partial charge in [0.05, 0.1) is 17.6 Å². The summed E-state index contributed by atoms with van der Waals surface area (Å²) in [6, 6.07) is 27.0. The Morgan fingerprint density at radius 1 is 0.933 bits per heavy atom. The van der Waals surface area contributed by atoms with Gasteiger partial charge in [0.25, 0.3) is 5.69 Å². The molecule has 0 spiro atoms. The van der Waals surface area contributed by atoms with Gasteiger partial charge in [-0.3, -0.25) is 15.0 Å². The van der Waals surface area contributed by atoms with Gasteiger partial charge in [-0.15, -0.1) is 5.10 Å². The minimum Gasteiger partial charge on any atom is -0.276 e. The van der Waals surface area contributed by atoms with Gasteiger partial charge in [-0.25, -0.2) is 9.67 Å². The van der Waals surface area contributed by atoms with Crippen molar-refractivity contribution in [1.82, 2.24) is 19.7 Å². The number of nitro benzene ring substituents is 1. The highest BCUT2D eigenvalue weighted by atomic mass is 16.6. The Bertz CT molecular complexity index is 1070. The smallest absolute Gasteiger partial charge is 0.269 e. The van der Waals surface area contributed by atoms with Crippen molar-refractivity contribution in [2.24, 2.45) is 0 Å². The number of hydrogen-bond acceptors (Lipinski definition) is 5. The Kier molecular flexibility index (Phi) is 5.63. The van der Waals surface area contributed by atoms with Crippen LogP contribution < -0.4 is 0 Å². The molecular formula is C23H21N5O2. The van der Waals surface area contributed by atoms with Gasteiger partial charge in [0.1, 0.15) is 6.33 Å². The third-order valence-electron chi connectivity index (χ3n) is 4.91. The van der Waals surface area contributed by atoms with E-state index in [1.165, 1.54) is 23.3 Å². The highest BCUT2D eigenvalue weighted by Crippen LogP contribution is 2.28. The van der Waals surface area contributed by atoms with Gasteiger partial charge in [0.2, 0.25) is 0 Å². The quantitative estimate of drug-likeness (QED) is 0.337. The van der Waals surface area contributed by atoms with Gasteiger partial charge in [-0.2, -0.15) is 0 Å². The van der Waals surface area contributed by atoms with E-state index < -0.39 is 4.92 Å². The van der Waals surface area contributed by atoms with Crippen molar-refractivity contribution in [3.63, 3.8) is 0 Å². The largest absolute Gasteiger partial charge is 0.276 e. The van der Waals surface area contributed by atoms with Gasteiger partial charge in [-0.05, 0) is 30.3 Å². The molecule has 30 heavy (non-hydrogen) atoms. The average molecular weight is 399 g/mol. The summed E-state index contributed by atoms with van der Waals surface area (Å²) in [5.41, 5.74) is 3.18. The third-order valence-corrected chi connectivity index (χ3v) is 4.91. The molecule has 4 aromatic rings. The van der Waals surface area contributed by atoms with E-state index >= 15 is 0 Å². The van der Waals surface area contributed by atoms with E-state index in [0.717, 1.165) is 5.56 Å². The molecule has 0 bridgehead atoms. The van der Waals surface area contributed by atoms with Gasteiger partial charge >= 0.3 is 0 Å². The minimum absolute atomic E-state index is 0.0477. The predicted octanol–water partition coefficient (Wildman–Crippen LogP) is 4.53. The summed E-state index contributed by atoms with van der Waals surface area (Å²) in [6.07, 6.45) is 1.68. The number of hydrogen-bond donors (Lipinski definition) is 0. The lowest BCUT2D eigenvalue weighted by molar-refractivity contribution is -0.384. The number of non-ortho nitro benzene ring substituents is 1. The van der Waals surface area contributed by atoms with Crippen molar-refractivity contribution >= 4 is 5.69 Å². The first-order valence-corrected chi connectivity index (χ1v) is 9.56. The zero-order valence-corrected chi connectivity index (χ0v) is 16.5. The van der Waals surface area contributed by atoms with E-state index in [2.05, 4.69) is 46.3 Å². The van der Waals surface area contributed by atoms with Crippen molar-refractivity contribution in [2.45, 2.75) is 12.7 Å². The third kappa shape index (κ3) is 4.26. The fraction of sp³-hybridized carbons (Fsp3) is 0.130. The van der Waals surface area contributed by atoms with Crippen LogP contribution in [0.5, 0.6) is 0 Å². The lowest BCUT2D eigenvalue weighted by Crippen LogP contribution is -2.28. The van der Waals surface area contributed by atoms with E-state index in [0.29, 0.717) is 12.5 Å². The summed E-state index contributed by atoms with van der Waals surface area (Å²) >= 11 is 0. The second kappa shape index (κ2) is 8.67. The van der Waals surface area contributed by atoms with Crippen LogP contribution in [0.1, 0.15) is 17.2 Å². The molecule has 0 aliphatic rings. The minimum atomic E-state index is -0.419. The number of nitro groups is 1. The van der Waals surface area contributed by atoms with Crippen LogP contribution in [0.2, 0.25) is 0 Å². The van der Waals surface area contributed by atoms with Crippen LogP contribution in [0.25, 0.3) is 11.4 Å². The molecule has 4 rings (SSSR count). The number of aromatic nitrogens is 3. The predicted molar refractivity (Wildman–Crippen MR) is 115 cm³/mol. The zero-order valence-electron chi connectivity index (χ0n) is 16.5. The summed E-state index contributed by atoms with van der Waals surface area (Å²) in [5, 5.41) is 15.4. The maximum atomic E-state index is 10.8. The molecule has 0 amide bonds. The summed E-state index contributed by atoms with van der Waals surface area (Å²) < 4.78 is 1.77. The molecule has 0 N–H and O–H groups in total. The summed E-state index contributed by atoms with van der Waals surface area (Å²) in [6.45, 7) is 0.536. The Morgan fingerprint density at radius 2 is 1.50 bits per heavy atom. The molecule has 0 saturated carbocycles. The first kappa shape index (κ1) is 19.5. The zero-order chi connectivity index (χ0) is 20.9. The summed E-state index contributed by atoms with van der Waals surface area (Å²) in [4.78, 5) is 17.0. The van der Waals surface area contributed by atoms with Gasteiger partial charge in [-0.1, -0.05) is 60.7 Å². The van der Waals surface area contributed by atoms with Gasteiger partial charge < -0.3 is 0 Å². The molecule has 0 unspecified atom stereocenters. The molecule has 0 saturated heterocycles. The number of nitrogens with zero attached hydrogens (tertiary/aromatic N) is 5. The summed E-state index contributed by atoms with van der Waals surface area (Å²) in [7, 11) is 2.05. The highest BCUT2D eigenvalue weighted by Gasteiger charge is 2.20. The average Bonchev–Trinajstić information content (AvgIpc) is 3.24. The standard InChI is InChI=1S/C23H21N5O2/c1-26(22(18-8-4-2-5-9-18)19-10-6-3-7-11-19)17-27-16-24-23(25-27)20-12-14-21(15-13-20)28(29)30/h2-16,22H,17H2,1H3. The molecule has 150 valence electrons. The molecular weight excluding hydrogens is 378 g/mol. The van der Waals surface area contributed by atoms with Crippen LogP contribution in [0, 0.1) is 10.1 Å². The fourth-order valence-corrected chi connectivity index (χ4v) is 3.51. The molecule has 7 heteroatoms. The second-order valence-corrected chi connectivity index (χ2v) is 7.03. The van der Waals surface area contributed by atoms with E-state index in [9.17, 15) is 10.1 Å². The Hall–Kier alpha value is -3.84. The van der Waals surface area contributed by atoms with Crippen molar-refractivity contribution in [2.75, 3.05) is 7.05 Å². The fourth-order valence-electron chi connectivity index (χ4n) is 3.51. The molecule has 7 nitrogen and oxygen atoms in total. The molecule has 0 atom stereocenters. The second-order valence-electron chi connectivity index (χ2n) is 7.03. The van der Waals surface area contributed by atoms with Crippen LogP contribution in [0.15, 0.2) is 91.3 Å². The molecule has 0 aliphatic carbocycles. The number of benzene rings is 3. The molecule has 0 radical (unpaired) electrons.